The lowest BCUT2D eigenvalue weighted by molar-refractivity contribution is -0.385. The normalized spacial score (nSPS) is 28.9. The van der Waals surface area contributed by atoms with Crippen LogP contribution >= 0.6 is 7.82 Å². The number of rotatable bonds is 3. The van der Waals surface area contributed by atoms with E-state index in [4.69, 9.17) is 9.36 Å². The third-order valence-corrected chi connectivity index (χ3v) is 3.29. The van der Waals surface area contributed by atoms with Gasteiger partial charge in [-0.3, -0.25) is 10.1 Å². The number of hydrogen-bond donors (Lipinski definition) is 0. The van der Waals surface area contributed by atoms with E-state index >= 15 is 0 Å². The summed E-state index contributed by atoms with van der Waals surface area (Å²) in [7, 11) is -2.29. The summed E-state index contributed by atoms with van der Waals surface area (Å²) in [5, 5.41) is 12.4. The number of para-hydroxylation sites is 1. The molecule has 0 saturated carbocycles. The minimum Gasteiger partial charge on any atom is -0.494 e. The van der Waals surface area contributed by atoms with Crippen LogP contribution in [0.5, 0.6) is 5.75 Å². The molecular formula is C7H6N3O7P. The maximum absolute atomic E-state index is 11.4. The monoisotopic (exact) mass is 275 g/mol. The molecule has 0 unspecified atom stereocenters. The van der Waals surface area contributed by atoms with Gasteiger partial charge in [0.2, 0.25) is 5.69 Å². The summed E-state index contributed by atoms with van der Waals surface area (Å²) in [5.41, 5.74) is -0.373. The second kappa shape index (κ2) is 3.64. The Labute approximate surface area is 99.8 Å². The molecule has 1 aromatic carbocycles. The molecule has 11 heteroatoms. The summed E-state index contributed by atoms with van der Waals surface area (Å²) in [6.07, 6.45) is 0. The fourth-order valence-electron chi connectivity index (χ4n) is 1.54. The summed E-state index contributed by atoms with van der Waals surface area (Å²) >= 11 is 0. The molecule has 96 valence electrons. The number of nitro benzene ring substituents is 1. The van der Waals surface area contributed by atoms with Crippen molar-refractivity contribution in [1.82, 2.24) is 5.34 Å². The van der Waals surface area contributed by atoms with E-state index in [1.165, 1.54) is 25.3 Å². The molecule has 0 aliphatic carbocycles. The van der Waals surface area contributed by atoms with Gasteiger partial charge in [0.25, 0.3) is 0 Å². The van der Waals surface area contributed by atoms with Crippen molar-refractivity contribution < 1.29 is 28.1 Å². The Bertz CT molecular complexity index is 568. The first-order valence-electron chi connectivity index (χ1n) is 4.65. The summed E-state index contributed by atoms with van der Waals surface area (Å²) in [6.45, 7) is 0. The Morgan fingerprint density at radius 1 is 1.39 bits per heavy atom. The van der Waals surface area contributed by atoms with Crippen molar-refractivity contribution in [3.8, 4) is 5.75 Å². The van der Waals surface area contributed by atoms with Gasteiger partial charge in [0, 0.05) is 6.07 Å². The standard InChI is InChI=1S/C7H6N3O7P/c1-14-6-4-2-3-5(9(11)12)7(6)8-10-16-18(13,15-8)17-10/h2-4H,1H3. The van der Waals surface area contributed by atoms with E-state index in [2.05, 4.69) is 9.25 Å². The van der Waals surface area contributed by atoms with Gasteiger partial charge in [-0.05, 0) is 6.07 Å². The summed E-state index contributed by atoms with van der Waals surface area (Å²) < 4.78 is 30.5. The molecule has 3 heterocycles. The van der Waals surface area contributed by atoms with Crippen LogP contribution in [0.15, 0.2) is 18.2 Å². The molecule has 0 radical (unpaired) electrons. The van der Waals surface area contributed by atoms with E-state index in [-0.39, 0.29) is 17.1 Å². The lowest BCUT2D eigenvalue weighted by atomic mass is 10.2. The first kappa shape index (κ1) is 11.4. The molecule has 4 rings (SSSR count). The van der Waals surface area contributed by atoms with Crippen molar-refractivity contribution in [2.24, 2.45) is 0 Å². The molecule has 18 heavy (non-hydrogen) atoms. The third-order valence-electron chi connectivity index (χ3n) is 2.25. The van der Waals surface area contributed by atoms with E-state index < -0.39 is 12.7 Å². The molecule has 3 fully saturated rings. The molecule has 0 amide bonds. The molecule has 0 atom stereocenters. The fraction of sp³-hybridized carbons (Fsp3) is 0.143. The highest BCUT2D eigenvalue weighted by Crippen LogP contribution is 2.68. The average molecular weight is 275 g/mol. The van der Waals surface area contributed by atoms with Gasteiger partial charge in [-0.2, -0.15) is 0 Å². The Morgan fingerprint density at radius 2 is 2.11 bits per heavy atom. The Hall–Kier alpha value is -1.71. The van der Waals surface area contributed by atoms with Crippen LogP contribution in [-0.2, 0) is 18.4 Å². The van der Waals surface area contributed by atoms with E-state index in [1.807, 2.05) is 0 Å². The molecule has 0 aromatic heterocycles. The first-order valence-corrected chi connectivity index (χ1v) is 6.11. The predicted octanol–water partition coefficient (Wildman–Crippen LogP) is 1.56. The topological polar surface area (TPSA) is 104 Å². The number of ether oxygens (including phenoxy) is 1. The van der Waals surface area contributed by atoms with Crippen LogP contribution in [0.1, 0.15) is 0 Å². The summed E-state index contributed by atoms with van der Waals surface area (Å²) in [5.74, 6) is 0.150. The Kier molecular flexibility index (Phi) is 2.30. The van der Waals surface area contributed by atoms with E-state index in [0.29, 0.717) is 5.34 Å². The van der Waals surface area contributed by atoms with Crippen molar-refractivity contribution in [2.75, 3.05) is 12.3 Å². The Balaban J connectivity index is 2.10. The van der Waals surface area contributed by atoms with Crippen LogP contribution in [0, 0.1) is 10.1 Å². The van der Waals surface area contributed by atoms with Crippen LogP contribution in [0.2, 0.25) is 0 Å². The van der Waals surface area contributed by atoms with Gasteiger partial charge in [-0.15, -0.1) is 19.0 Å². The number of benzene rings is 1. The van der Waals surface area contributed by atoms with E-state index in [0.717, 1.165) is 5.17 Å². The highest BCUT2D eigenvalue weighted by molar-refractivity contribution is 7.49. The van der Waals surface area contributed by atoms with Crippen molar-refractivity contribution >= 4 is 19.2 Å². The molecule has 3 saturated heterocycles. The molecule has 2 bridgehead atoms. The number of nitrogens with zero attached hydrogens (tertiary/aromatic N) is 3. The quantitative estimate of drug-likeness (QED) is 0.461. The SMILES string of the molecule is COc1cccc([N+](=O)[O-])c1N1OP2(=O)ON1O2. The largest absolute Gasteiger partial charge is 0.538 e. The smallest absolute Gasteiger partial charge is 0.494 e. The molecule has 1 aromatic rings. The number of fused-ring (bicyclic) bond motifs is 1. The molecule has 10 nitrogen and oxygen atoms in total. The van der Waals surface area contributed by atoms with E-state index in [9.17, 15) is 14.7 Å². The lowest BCUT2D eigenvalue weighted by Crippen LogP contribution is -2.34. The maximum Gasteiger partial charge on any atom is 0.538 e. The summed E-state index contributed by atoms with van der Waals surface area (Å²) in [6, 6.07) is 4.17. The van der Waals surface area contributed by atoms with Gasteiger partial charge in [-0.1, -0.05) is 6.07 Å². The van der Waals surface area contributed by atoms with Crippen LogP contribution in [0.3, 0.4) is 0 Å². The highest BCUT2D eigenvalue weighted by Gasteiger charge is 2.61. The summed E-state index contributed by atoms with van der Waals surface area (Å²) in [4.78, 5) is 10.3. The number of methoxy groups -OCH3 is 1. The minimum atomic E-state index is -3.63. The predicted molar refractivity (Wildman–Crippen MR) is 54.8 cm³/mol. The molecule has 0 N–H and O–H groups in total. The zero-order valence-corrected chi connectivity index (χ0v) is 9.77. The number of hydrogen-bond acceptors (Lipinski definition) is 9. The second-order valence-corrected chi connectivity index (χ2v) is 4.67. The van der Waals surface area contributed by atoms with Gasteiger partial charge in [0.05, 0.1) is 17.4 Å². The second-order valence-electron chi connectivity index (χ2n) is 3.29. The van der Waals surface area contributed by atoms with Gasteiger partial charge in [0.1, 0.15) is 0 Å². The number of anilines is 1. The average Bonchev–Trinajstić information content (AvgIpc) is 2.80. The minimum absolute atomic E-state index is 0.0692. The van der Waals surface area contributed by atoms with Crippen LogP contribution in [0.4, 0.5) is 11.4 Å². The van der Waals surface area contributed by atoms with Gasteiger partial charge in [-0.25, -0.2) is 4.57 Å². The maximum atomic E-state index is 11.4. The van der Waals surface area contributed by atoms with Crippen molar-refractivity contribution in [3.05, 3.63) is 28.3 Å². The van der Waals surface area contributed by atoms with Crippen molar-refractivity contribution in [1.29, 1.82) is 0 Å². The van der Waals surface area contributed by atoms with Gasteiger partial charge in [0.15, 0.2) is 5.75 Å². The number of nitro groups is 1. The van der Waals surface area contributed by atoms with Crippen LogP contribution in [-0.4, -0.2) is 17.4 Å². The van der Waals surface area contributed by atoms with Crippen molar-refractivity contribution in [2.45, 2.75) is 0 Å². The molecule has 3 aliphatic heterocycles. The van der Waals surface area contributed by atoms with Gasteiger partial charge < -0.3 is 4.74 Å². The number of phosphoric acid groups is 1. The highest BCUT2D eigenvalue weighted by atomic mass is 31.2. The Morgan fingerprint density at radius 3 is 2.61 bits per heavy atom. The lowest BCUT2D eigenvalue weighted by Gasteiger charge is -2.22. The zero-order chi connectivity index (χ0) is 12.9. The first-order chi connectivity index (χ1) is 8.54. The van der Waals surface area contributed by atoms with Crippen molar-refractivity contribution in [3.63, 3.8) is 0 Å². The third kappa shape index (κ3) is 1.48. The van der Waals surface area contributed by atoms with E-state index in [1.54, 1.807) is 0 Å². The number of hydrazine groups is 1. The van der Waals surface area contributed by atoms with Crippen LogP contribution in [0.25, 0.3) is 0 Å². The van der Waals surface area contributed by atoms with Gasteiger partial charge >= 0.3 is 13.5 Å². The molecule has 3 aliphatic rings. The molecular weight excluding hydrogens is 269 g/mol. The molecule has 0 spiro atoms. The van der Waals surface area contributed by atoms with Crippen LogP contribution < -0.4 is 9.91 Å². The fourth-order valence-corrected chi connectivity index (χ4v) is 2.41. The zero-order valence-electron chi connectivity index (χ0n) is 8.88.